The second kappa shape index (κ2) is 10.4. The highest BCUT2D eigenvalue weighted by Gasteiger charge is 2.55. The van der Waals surface area contributed by atoms with Gasteiger partial charge in [0.15, 0.2) is 0 Å². The van der Waals surface area contributed by atoms with Crippen LogP contribution >= 0.6 is 0 Å². The third kappa shape index (κ3) is 6.43. The number of carbonyl (C=O) groups excluding carboxylic acids is 1. The number of amides is 2. The zero-order chi connectivity index (χ0) is 25.1. The molecule has 1 aliphatic heterocycles. The molecule has 3 N–H and O–H groups in total. The predicted molar refractivity (Wildman–Crippen MR) is 123 cm³/mol. The van der Waals surface area contributed by atoms with Crippen LogP contribution < -0.4 is 15.4 Å². The average molecular weight is 496 g/mol. The number of nitrogens with one attached hydrogen (secondary N) is 2. The van der Waals surface area contributed by atoms with Crippen LogP contribution in [0.3, 0.4) is 0 Å². The summed E-state index contributed by atoms with van der Waals surface area (Å²) in [5.41, 5.74) is -2.58. The Kier molecular flexibility index (Phi) is 7.51. The highest BCUT2D eigenvalue weighted by molar-refractivity contribution is 5.89. The van der Waals surface area contributed by atoms with Gasteiger partial charge in [-0.3, -0.25) is 4.90 Å². The highest BCUT2D eigenvalue weighted by atomic mass is 19.4. The lowest BCUT2D eigenvalue weighted by Gasteiger charge is -2.28. The molecule has 2 aromatic rings. The topological polar surface area (TPSA) is 73.8 Å². The molecule has 4 rings (SSSR count). The Morgan fingerprint density at radius 2 is 1.74 bits per heavy atom. The minimum absolute atomic E-state index is 0.0446. The molecule has 35 heavy (non-hydrogen) atoms. The number of alkyl halides is 4. The van der Waals surface area contributed by atoms with Crippen LogP contribution in [0.4, 0.5) is 28.0 Å². The van der Waals surface area contributed by atoms with Gasteiger partial charge in [0.2, 0.25) is 5.60 Å². The van der Waals surface area contributed by atoms with Gasteiger partial charge >= 0.3 is 12.2 Å². The largest absolute Gasteiger partial charge is 0.489 e. The number of aliphatic hydroxyl groups is 1. The maximum absolute atomic E-state index is 13.0. The first-order valence-corrected chi connectivity index (χ1v) is 11.6. The lowest BCUT2D eigenvalue weighted by molar-refractivity contribution is -0.271. The van der Waals surface area contributed by atoms with Gasteiger partial charge in [0.1, 0.15) is 18.5 Å². The van der Waals surface area contributed by atoms with Gasteiger partial charge in [0.05, 0.1) is 0 Å². The summed E-state index contributed by atoms with van der Waals surface area (Å²) in [6.07, 6.45) is -2.01. The first kappa shape index (κ1) is 25.2. The number of rotatable bonds is 9. The van der Waals surface area contributed by atoms with Crippen molar-refractivity contribution in [1.29, 1.82) is 0 Å². The second-order valence-corrected chi connectivity index (χ2v) is 9.26. The fraction of sp³-hybridized carbons (Fsp3) is 0.480. The molecule has 10 heteroatoms. The van der Waals surface area contributed by atoms with E-state index in [0.717, 1.165) is 30.7 Å². The molecule has 6 nitrogen and oxygen atoms in total. The minimum Gasteiger partial charge on any atom is -0.489 e. The number of benzene rings is 2. The summed E-state index contributed by atoms with van der Waals surface area (Å²) in [7, 11) is 0. The fourth-order valence-electron chi connectivity index (χ4n) is 4.04. The normalized spacial score (nSPS) is 20.3. The van der Waals surface area contributed by atoms with Gasteiger partial charge in [-0.05, 0) is 60.6 Å². The molecule has 1 saturated carbocycles. The zero-order valence-electron chi connectivity index (χ0n) is 19.2. The van der Waals surface area contributed by atoms with E-state index in [0.29, 0.717) is 37.0 Å². The molecule has 0 aromatic heterocycles. The van der Waals surface area contributed by atoms with E-state index in [4.69, 9.17) is 4.74 Å². The second-order valence-electron chi connectivity index (χ2n) is 9.26. The highest BCUT2D eigenvalue weighted by Crippen LogP contribution is 2.39. The Morgan fingerprint density at radius 1 is 1.06 bits per heavy atom. The van der Waals surface area contributed by atoms with Gasteiger partial charge in [0.25, 0.3) is 0 Å². The number of ether oxygens (including phenoxy) is 1. The summed E-state index contributed by atoms with van der Waals surface area (Å²) < 4.78 is 58.2. The Labute approximate surface area is 201 Å². The van der Waals surface area contributed by atoms with Crippen LogP contribution in [-0.4, -0.2) is 54.6 Å². The van der Waals surface area contributed by atoms with Crippen LogP contribution in [0.2, 0.25) is 0 Å². The first-order valence-electron chi connectivity index (χ1n) is 11.6. The van der Waals surface area contributed by atoms with Crippen molar-refractivity contribution in [1.82, 2.24) is 10.2 Å². The van der Waals surface area contributed by atoms with Crippen molar-refractivity contribution >= 4 is 11.7 Å². The van der Waals surface area contributed by atoms with Crippen molar-refractivity contribution in [3.05, 3.63) is 59.7 Å². The lowest BCUT2D eigenvalue weighted by atomic mass is 9.93. The maximum atomic E-state index is 13.0. The van der Waals surface area contributed by atoms with Crippen molar-refractivity contribution < 1.29 is 32.2 Å². The van der Waals surface area contributed by atoms with Crippen LogP contribution in [-0.2, 0) is 12.1 Å². The summed E-state index contributed by atoms with van der Waals surface area (Å²) in [6, 6.07) is 12.1. The Balaban J connectivity index is 1.24. The molecule has 0 radical (unpaired) electrons. The van der Waals surface area contributed by atoms with Crippen LogP contribution in [0.5, 0.6) is 5.75 Å². The van der Waals surface area contributed by atoms with E-state index in [9.17, 15) is 27.5 Å². The standard InChI is InChI=1S/C25H29F4N3O3/c26-16-24(34,25(27,28)29)19-5-3-18(4-6-19)14-32-12-11-22(15-32)35-21-9-7-20(8-10-21)31-23(33)30-13-17-1-2-17/h3-10,17,22,34H,1-2,11-16H2,(H2,30,31,33). The molecule has 2 atom stereocenters. The Morgan fingerprint density at radius 3 is 2.34 bits per heavy atom. The number of nitrogens with zero attached hydrogens (tertiary/aromatic N) is 1. The van der Waals surface area contributed by atoms with E-state index in [1.54, 1.807) is 24.3 Å². The summed E-state index contributed by atoms with van der Waals surface area (Å²) in [5.74, 6) is 1.29. The van der Waals surface area contributed by atoms with Crippen LogP contribution in [0.1, 0.15) is 30.4 Å². The molecular formula is C25H29F4N3O3. The molecular weight excluding hydrogens is 466 g/mol. The summed E-state index contributed by atoms with van der Waals surface area (Å²) in [6.45, 7) is 0.653. The third-order valence-electron chi connectivity index (χ3n) is 6.39. The lowest BCUT2D eigenvalue weighted by Crippen LogP contribution is -2.44. The number of hydrogen-bond donors (Lipinski definition) is 3. The van der Waals surface area contributed by atoms with E-state index < -0.39 is 24.0 Å². The summed E-state index contributed by atoms with van der Waals surface area (Å²) in [4.78, 5) is 14.0. The fourth-order valence-corrected chi connectivity index (χ4v) is 4.04. The minimum atomic E-state index is -5.10. The van der Waals surface area contributed by atoms with E-state index in [-0.39, 0.29) is 12.1 Å². The van der Waals surface area contributed by atoms with Crippen molar-refractivity contribution in [3.63, 3.8) is 0 Å². The van der Waals surface area contributed by atoms with Gasteiger partial charge in [-0.2, -0.15) is 13.2 Å². The van der Waals surface area contributed by atoms with Crippen molar-refractivity contribution in [2.45, 2.75) is 43.7 Å². The molecule has 1 heterocycles. The summed E-state index contributed by atoms with van der Waals surface area (Å²) >= 11 is 0. The number of urea groups is 1. The third-order valence-corrected chi connectivity index (χ3v) is 6.39. The molecule has 2 amide bonds. The maximum Gasteiger partial charge on any atom is 0.424 e. The number of anilines is 1. The molecule has 0 spiro atoms. The van der Waals surface area contributed by atoms with Gasteiger partial charge in [-0.15, -0.1) is 0 Å². The number of carbonyl (C=O) groups is 1. The summed E-state index contributed by atoms with van der Waals surface area (Å²) in [5, 5.41) is 15.4. The molecule has 1 aliphatic carbocycles. The van der Waals surface area contributed by atoms with E-state index in [1.807, 2.05) is 0 Å². The quantitative estimate of drug-likeness (QED) is 0.445. The van der Waals surface area contributed by atoms with Crippen LogP contribution in [0, 0.1) is 5.92 Å². The van der Waals surface area contributed by atoms with E-state index in [2.05, 4.69) is 15.5 Å². The zero-order valence-corrected chi connectivity index (χ0v) is 19.2. The first-order chi connectivity index (χ1) is 16.7. The Bertz CT molecular complexity index is 997. The molecule has 2 unspecified atom stereocenters. The smallest absolute Gasteiger partial charge is 0.424 e. The number of hydrogen-bond acceptors (Lipinski definition) is 4. The van der Waals surface area contributed by atoms with Gasteiger partial charge in [-0.25, -0.2) is 9.18 Å². The molecule has 0 bridgehead atoms. The molecule has 2 fully saturated rings. The van der Waals surface area contributed by atoms with Crippen molar-refractivity contribution in [2.24, 2.45) is 5.92 Å². The number of halogens is 4. The molecule has 2 aliphatic rings. The Hall–Kier alpha value is -2.85. The van der Waals surface area contributed by atoms with Gasteiger partial charge < -0.3 is 20.5 Å². The SMILES string of the molecule is O=C(NCC1CC1)Nc1ccc(OC2CCN(Cc3ccc(C(O)(CF)C(F)(F)F)cc3)C2)cc1. The van der Waals surface area contributed by atoms with Crippen molar-refractivity contribution in [2.75, 3.05) is 31.6 Å². The number of likely N-dealkylation sites (tertiary alicyclic amines) is 1. The van der Waals surface area contributed by atoms with E-state index >= 15 is 0 Å². The van der Waals surface area contributed by atoms with Crippen LogP contribution in [0.15, 0.2) is 48.5 Å². The van der Waals surface area contributed by atoms with Crippen molar-refractivity contribution in [3.8, 4) is 5.75 Å². The molecule has 190 valence electrons. The molecule has 1 saturated heterocycles. The van der Waals surface area contributed by atoms with Gasteiger partial charge in [-0.1, -0.05) is 24.3 Å². The van der Waals surface area contributed by atoms with E-state index in [1.165, 1.54) is 25.0 Å². The molecule has 2 aromatic carbocycles. The predicted octanol–water partition coefficient (Wildman–Crippen LogP) is 4.59. The average Bonchev–Trinajstić information content (AvgIpc) is 3.57. The monoisotopic (exact) mass is 495 g/mol. The van der Waals surface area contributed by atoms with Crippen LogP contribution in [0.25, 0.3) is 0 Å². The van der Waals surface area contributed by atoms with Gasteiger partial charge in [0, 0.05) is 31.9 Å².